The van der Waals surface area contributed by atoms with Gasteiger partial charge in [0, 0.05) is 15.5 Å². The molecule has 0 amide bonds. The molecule has 0 fully saturated rings. The van der Waals surface area contributed by atoms with Crippen LogP contribution in [0.4, 0.5) is 13.2 Å². The summed E-state index contributed by atoms with van der Waals surface area (Å²) >= 11 is 8.81. The average molecular weight is 339 g/mol. The number of hydrogen-bond acceptors (Lipinski definition) is 1. The van der Waals surface area contributed by atoms with Crippen LogP contribution in [0.5, 0.6) is 0 Å². The number of hydrogen-bond donors (Lipinski definition) is 1. The molecule has 92 valence electrons. The van der Waals surface area contributed by atoms with Crippen molar-refractivity contribution in [2.45, 2.75) is 18.6 Å². The summed E-state index contributed by atoms with van der Waals surface area (Å²) in [6.45, 7) is 0. The van der Waals surface area contributed by atoms with Crippen LogP contribution in [-0.2, 0) is 0 Å². The molecule has 1 atom stereocenters. The maximum absolute atomic E-state index is 12.1. The van der Waals surface area contributed by atoms with Gasteiger partial charge in [-0.2, -0.15) is 13.2 Å². The van der Waals surface area contributed by atoms with Crippen LogP contribution in [-0.4, -0.2) is 6.18 Å². The Kier molecular flexibility index (Phi) is 6.11. The Labute approximate surface area is 111 Å². The second kappa shape index (κ2) is 6.10. The molecule has 1 aromatic rings. The molecule has 0 unspecified atom stereocenters. The third-order valence-electron chi connectivity index (χ3n) is 1.81. The maximum Gasteiger partial charge on any atom is 0.390 e. The van der Waals surface area contributed by atoms with Gasteiger partial charge in [-0.25, -0.2) is 0 Å². The SMILES string of the molecule is Cl.N[C@@H](CC(F)(F)F)c1cc(Cl)ccc1Br. The molecule has 0 spiro atoms. The van der Waals surface area contributed by atoms with Crippen molar-refractivity contribution in [3.8, 4) is 0 Å². The molecule has 7 heteroatoms. The van der Waals surface area contributed by atoms with E-state index in [1.165, 1.54) is 6.07 Å². The monoisotopic (exact) mass is 337 g/mol. The van der Waals surface area contributed by atoms with Crippen molar-refractivity contribution in [2.24, 2.45) is 5.73 Å². The van der Waals surface area contributed by atoms with E-state index < -0.39 is 18.6 Å². The smallest absolute Gasteiger partial charge is 0.324 e. The first kappa shape index (κ1) is 16.0. The van der Waals surface area contributed by atoms with Crippen molar-refractivity contribution in [3.05, 3.63) is 33.3 Å². The first-order valence-corrected chi connectivity index (χ1v) is 5.24. The Bertz CT molecular complexity index is 357. The van der Waals surface area contributed by atoms with Crippen LogP contribution >= 0.6 is 39.9 Å². The molecule has 0 aromatic heterocycles. The lowest BCUT2D eigenvalue weighted by atomic mass is 10.0. The molecule has 1 nitrogen and oxygen atoms in total. The predicted molar refractivity (Wildman–Crippen MR) is 64.0 cm³/mol. The predicted octanol–water partition coefficient (Wildman–Crippen LogP) is 4.48. The fourth-order valence-corrected chi connectivity index (χ4v) is 1.88. The van der Waals surface area contributed by atoms with Crippen LogP contribution in [0, 0.1) is 0 Å². The van der Waals surface area contributed by atoms with Crippen molar-refractivity contribution in [1.82, 2.24) is 0 Å². The van der Waals surface area contributed by atoms with Crippen molar-refractivity contribution < 1.29 is 13.2 Å². The molecule has 0 heterocycles. The lowest BCUT2D eigenvalue weighted by Crippen LogP contribution is -2.20. The minimum Gasteiger partial charge on any atom is -0.324 e. The lowest BCUT2D eigenvalue weighted by Gasteiger charge is -2.16. The summed E-state index contributed by atoms with van der Waals surface area (Å²) in [6, 6.07) is 3.49. The molecule has 2 N–H and O–H groups in total. The van der Waals surface area contributed by atoms with Gasteiger partial charge in [0.2, 0.25) is 0 Å². The summed E-state index contributed by atoms with van der Waals surface area (Å²) < 4.78 is 36.8. The molecule has 0 radical (unpaired) electrons. The third kappa shape index (κ3) is 4.91. The number of halogens is 6. The fourth-order valence-electron chi connectivity index (χ4n) is 1.16. The van der Waals surface area contributed by atoms with Gasteiger partial charge >= 0.3 is 6.18 Å². The molecule has 0 aliphatic carbocycles. The van der Waals surface area contributed by atoms with Gasteiger partial charge in [0.05, 0.1) is 6.42 Å². The Morgan fingerprint density at radius 2 is 1.94 bits per heavy atom. The molecule has 1 rings (SSSR count). The highest BCUT2D eigenvalue weighted by molar-refractivity contribution is 9.10. The lowest BCUT2D eigenvalue weighted by molar-refractivity contribution is -0.138. The Morgan fingerprint density at radius 1 is 1.38 bits per heavy atom. The number of benzene rings is 1. The second-order valence-electron chi connectivity index (χ2n) is 3.09. The minimum absolute atomic E-state index is 0. The van der Waals surface area contributed by atoms with E-state index >= 15 is 0 Å². The molecule has 0 aliphatic rings. The number of nitrogens with two attached hydrogens (primary N) is 1. The normalized spacial score (nSPS) is 13.1. The largest absolute Gasteiger partial charge is 0.390 e. The van der Waals surface area contributed by atoms with Crippen LogP contribution in [0.3, 0.4) is 0 Å². The topological polar surface area (TPSA) is 26.0 Å². The minimum atomic E-state index is -4.28. The van der Waals surface area contributed by atoms with Crippen LogP contribution in [0.25, 0.3) is 0 Å². The zero-order valence-electron chi connectivity index (χ0n) is 7.89. The van der Waals surface area contributed by atoms with Crippen LogP contribution < -0.4 is 5.73 Å². The maximum atomic E-state index is 12.1. The van der Waals surface area contributed by atoms with E-state index in [4.69, 9.17) is 17.3 Å². The van der Waals surface area contributed by atoms with Gasteiger partial charge < -0.3 is 5.73 Å². The first-order valence-electron chi connectivity index (χ1n) is 4.07. The van der Waals surface area contributed by atoms with Crippen LogP contribution in [0.2, 0.25) is 5.02 Å². The van der Waals surface area contributed by atoms with Gasteiger partial charge in [-0.05, 0) is 23.8 Å². The van der Waals surface area contributed by atoms with Gasteiger partial charge in [-0.15, -0.1) is 12.4 Å². The van der Waals surface area contributed by atoms with Gasteiger partial charge in [-0.3, -0.25) is 0 Å². The summed E-state index contributed by atoms with van der Waals surface area (Å²) in [5.74, 6) is 0. The number of alkyl halides is 3. The summed E-state index contributed by atoms with van der Waals surface area (Å²) in [5, 5.41) is 0.367. The van der Waals surface area contributed by atoms with E-state index in [2.05, 4.69) is 15.9 Å². The van der Waals surface area contributed by atoms with Crippen molar-refractivity contribution in [1.29, 1.82) is 0 Å². The molecule has 0 bridgehead atoms. The molecule has 1 aromatic carbocycles. The molecular formula is C9H9BrCl2F3N. The van der Waals surface area contributed by atoms with E-state index in [-0.39, 0.29) is 12.4 Å². The van der Waals surface area contributed by atoms with Crippen LogP contribution in [0.1, 0.15) is 18.0 Å². The molecule has 0 aliphatic heterocycles. The van der Waals surface area contributed by atoms with Gasteiger partial charge in [0.1, 0.15) is 0 Å². The summed E-state index contributed by atoms with van der Waals surface area (Å²) in [6.07, 6.45) is -5.34. The second-order valence-corrected chi connectivity index (χ2v) is 4.38. The van der Waals surface area contributed by atoms with Gasteiger partial charge in [-0.1, -0.05) is 27.5 Å². The van der Waals surface area contributed by atoms with Gasteiger partial charge in [0.15, 0.2) is 0 Å². The molecule has 0 saturated carbocycles. The molecule has 16 heavy (non-hydrogen) atoms. The van der Waals surface area contributed by atoms with E-state index in [1.807, 2.05) is 0 Å². The highest BCUT2D eigenvalue weighted by Crippen LogP contribution is 2.32. The fraction of sp³-hybridized carbons (Fsp3) is 0.333. The summed E-state index contributed by atoms with van der Waals surface area (Å²) in [7, 11) is 0. The number of rotatable bonds is 2. The first-order chi connectivity index (χ1) is 6.79. The summed E-state index contributed by atoms with van der Waals surface area (Å²) in [5.41, 5.74) is 5.80. The Hall–Kier alpha value is 0.0300. The van der Waals surface area contributed by atoms with Gasteiger partial charge in [0.25, 0.3) is 0 Å². The van der Waals surface area contributed by atoms with E-state index in [9.17, 15) is 13.2 Å². The highest BCUT2D eigenvalue weighted by Gasteiger charge is 2.31. The van der Waals surface area contributed by atoms with E-state index in [0.29, 0.717) is 15.1 Å². The molecule has 0 saturated heterocycles. The third-order valence-corrected chi connectivity index (χ3v) is 2.77. The Balaban J connectivity index is 0.00000225. The van der Waals surface area contributed by atoms with Crippen molar-refractivity contribution >= 4 is 39.9 Å². The zero-order chi connectivity index (χ0) is 11.6. The zero-order valence-corrected chi connectivity index (χ0v) is 11.1. The highest BCUT2D eigenvalue weighted by atomic mass is 79.9. The quantitative estimate of drug-likeness (QED) is 0.845. The van der Waals surface area contributed by atoms with E-state index in [1.54, 1.807) is 12.1 Å². The van der Waals surface area contributed by atoms with E-state index in [0.717, 1.165) is 0 Å². The Morgan fingerprint density at radius 3 is 2.44 bits per heavy atom. The van der Waals surface area contributed by atoms with Crippen molar-refractivity contribution in [2.75, 3.05) is 0 Å². The average Bonchev–Trinajstić information content (AvgIpc) is 2.06. The van der Waals surface area contributed by atoms with Crippen LogP contribution in [0.15, 0.2) is 22.7 Å². The summed E-state index contributed by atoms with van der Waals surface area (Å²) in [4.78, 5) is 0. The van der Waals surface area contributed by atoms with Crippen molar-refractivity contribution in [3.63, 3.8) is 0 Å². The standard InChI is InChI=1S/C9H8BrClF3N.ClH/c10-7-2-1-5(11)3-6(7)8(15)4-9(12,13)14;/h1-3,8H,4,15H2;1H/t8-;/m0./s1. The molecular weight excluding hydrogens is 330 g/mol.